The van der Waals surface area contributed by atoms with Crippen molar-refractivity contribution in [3.63, 3.8) is 0 Å². The summed E-state index contributed by atoms with van der Waals surface area (Å²) in [7, 11) is 0. The first kappa shape index (κ1) is 18.9. The van der Waals surface area contributed by atoms with Gasteiger partial charge in [0.1, 0.15) is 17.2 Å². The minimum Gasteiger partial charge on any atom is -0.206 e. The predicted octanol–water partition coefficient (Wildman–Crippen LogP) is 6.69. The minimum atomic E-state index is -5.00. The molecule has 0 aromatic heterocycles. The average molecular weight is 346 g/mol. The van der Waals surface area contributed by atoms with E-state index in [1.165, 1.54) is 0 Å². The van der Waals surface area contributed by atoms with E-state index < -0.39 is 23.4 Å². The summed E-state index contributed by atoms with van der Waals surface area (Å²) in [5.41, 5.74) is -1.50. The molecule has 134 valence electrons. The fourth-order valence-corrected chi connectivity index (χ4v) is 3.50. The Hall–Kier alpha value is -1.39. The number of halogens is 5. The van der Waals surface area contributed by atoms with Gasteiger partial charge in [-0.25, -0.2) is 8.78 Å². The lowest BCUT2D eigenvalue weighted by Gasteiger charge is -2.28. The van der Waals surface area contributed by atoms with Crippen LogP contribution in [0.3, 0.4) is 0 Å². The van der Waals surface area contributed by atoms with Crippen molar-refractivity contribution in [1.29, 1.82) is 0 Å². The van der Waals surface area contributed by atoms with Crippen molar-refractivity contribution in [3.8, 4) is 0 Å². The number of benzene rings is 1. The van der Waals surface area contributed by atoms with Crippen LogP contribution in [-0.4, -0.2) is 0 Å². The number of rotatable bonds is 5. The fourth-order valence-electron chi connectivity index (χ4n) is 3.50. The van der Waals surface area contributed by atoms with E-state index in [0.29, 0.717) is 23.8 Å². The molecule has 0 N–H and O–H groups in total. The Balaban J connectivity index is 1.90. The number of aryl methyl sites for hydroxylation is 1. The van der Waals surface area contributed by atoms with E-state index in [1.54, 1.807) is 0 Å². The first-order valence-corrected chi connectivity index (χ1v) is 8.47. The molecule has 0 radical (unpaired) electrons. The molecule has 1 aromatic rings. The summed E-state index contributed by atoms with van der Waals surface area (Å²) >= 11 is 0. The molecule has 2 rings (SSSR count). The Kier molecular flexibility index (Phi) is 6.41. The van der Waals surface area contributed by atoms with E-state index in [9.17, 15) is 22.0 Å². The van der Waals surface area contributed by atoms with E-state index in [0.717, 1.165) is 50.7 Å². The maximum absolute atomic E-state index is 13.6. The molecule has 0 spiro atoms. The number of hydrogen-bond donors (Lipinski definition) is 0. The highest BCUT2D eigenvalue weighted by atomic mass is 19.4. The van der Waals surface area contributed by atoms with Crippen LogP contribution in [0, 0.1) is 23.5 Å². The molecule has 0 saturated heterocycles. The fraction of sp³-hybridized carbons (Fsp3) is 0.579. The standard InChI is InChI=1S/C19H23F5/c1-2-3-4-13-5-7-14(8-6-13)9-10-15-11-16(20)18(17(21)12-15)19(22,23)24/h2-3,11-14H,4-10H2,1H3/b3-2+/t13-,14-. The van der Waals surface area contributed by atoms with E-state index in [-0.39, 0.29) is 0 Å². The van der Waals surface area contributed by atoms with Crippen LogP contribution >= 0.6 is 0 Å². The molecule has 0 heterocycles. The lowest BCUT2D eigenvalue weighted by molar-refractivity contribution is -0.142. The molecule has 0 nitrogen and oxygen atoms in total. The molecular formula is C19H23F5. The maximum atomic E-state index is 13.6. The third kappa shape index (κ3) is 5.05. The molecular weight excluding hydrogens is 323 g/mol. The van der Waals surface area contributed by atoms with Crippen molar-refractivity contribution in [1.82, 2.24) is 0 Å². The summed E-state index contributed by atoms with van der Waals surface area (Å²) in [6, 6.07) is 1.65. The van der Waals surface area contributed by atoms with Gasteiger partial charge in [0.15, 0.2) is 0 Å². The first-order chi connectivity index (χ1) is 11.3. The third-order valence-electron chi connectivity index (χ3n) is 4.90. The maximum Gasteiger partial charge on any atom is 0.422 e. The zero-order valence-corrected chi connectivity index (χ0v) is 13.8. The number of alkyl halides is 3. The summed E-state index contributed by atoms with van der Waals surface area (Å²) in [6.07, 6.45) is 5.95. The van der Waals surface area contributed by atoms with Crippen molar-refractivity contribution in [2.75, 3.05) is 0 Å². The quantitative estimate of drug-likeness (QED) is 0.411. The minimum absolute atomic E-state index is 0.300. The van der Waals surface area contributed by atoms with Crippen LogP contribution in [0.25, 0.3) is 0 Å². The highest BCUT2D eigenvalue weighted by Gasteiger charge is 2.37. The summed E-state index contributed by atoms with van der Waals surface area (Å²) in [4.78, 5) is 0. The van der Waals surface area contributed by atoms with Crippen LogP contribution in [0.1, 0.15) is 56.6 Å². The van der Waals surface area contributed by atoms with Crippen molar-refractivity contribution < 1.29 is 22.0 Å². The zero-order valence-electron chi connectivity index (χ0n) is 13.8. The molecule has 1 saturated carbocycles. The molecule has 0 unspecified atom stereocenters. The molecule has 0 bridgehead atoms. The van der Waals surface area contributed by atoms with Crippen LogP contribution in [0.4, 0.5) is 22.0 Å². The van der Waals surface area contributed by atoms with E-state index in [4.69, 9.17) is 0 Å². The van der Waals surface area contributed by atoms with Crippen LogP contribution in [0.15, 0.2) is 24.3 Å². The Bertz CT molecular complexity index is 543. The molecule has 1 fully saturated rings. The van der Waals surface area contributed by atoms with Crippen molar-refractivity contribution in [2.24, 2.45) is 11.8 Å². The van der Waals surface area contributed by atoms with Gasteiger partial charge in [0.25, 0.3) is 0 Å². The zero-order chi connectivity index (χ0) is 17.7. The van der Waals surface area contributed by atoms with E-state index in [2.05, 4.69) is 12.2 Å². The summed E-state index contributed by atoms with van der Waals surface area (Å²) in [5.74, 6) is -1.85. The van der Waals surface area contributed by atoms with Gasteiger partial charge in [-0.2, -0.15) is 13.2 Å². The molecule has 5 heteroatoms. The SMILES string of the molecule is C/C=C/C[C@H]1CC[C@H](CCc2cc(F)c(C(F)(F)F)c(F)c2)CC1. The molecule has 1 aromatic carbocycles. The van der Waals surface area contributed by atoms with Crippen molar-refractivity contribution >= 4 is 0 Å². The average Bonchev–Trinajstić information content (AvgIpc) is 2.50. The Morgan fingerprint density at radius 2 is 1.54 bits per heavy atom. The predicted molar refractivity (Wildman–Crippen MR) is 84.6 cm³/mol. The largest absolute Gasteiger partial charge is 0.422 e. The van der Waals surface area contributed by atoms with Gasteiger partial charge in [0.05, 0.1) is 0 Å². The van der Waals surface area contributed by atoms with Crippen molar-refractivity contribution in [2.45, 2.75) is 58.0 Å². The topological polar surface area (TPSA) is 0 Å². The Labute approximate surface area is 139 Å². The molecule has 24 heavy (non-hydrogen) atoms. The summed E-state index contributed by atoms with van der Waals surface area (Å²) < 4.78 is 64.8. The van der Waals surface area contributed by atoms with Crippen LogP contribution in [-0.2, 0) is 12.6 Å². The normalized spacial score (nSPS) is 22.2. The van der Waals surface area contributed by atoms with E-state index in [1.807, 2.05) is 6.92 Å². The van der Waals surface area contributed by atoms with Gasteiger partial charge in [0, 0.05) is 0 Å². The van der Waals surface area contributed by atoms with Gasteiger partial charge < -0.3 is 0 Å². The third-order valence-corrected chi connectivity index (χ3v) is 4.90. The molecule has 1 aliphatic carbocycles. The van der Waals surface area contributed by atoms with E-state index >= 15 is 0 Å². The second-order valence-corrected chi connectivity index (χ2v) is 6.66. The van der Waals surface area contributed by atoms with Crippen LogP contribution in [0.2, 0.25) is 0 Å². The number of hydrogen-bond acceptors (Lipinski definition) is 0. The highest BCUT2D eigenvalue weighted by Crippen LogP contribution is 2.36. The molecule has 1 aliphatic rings. The molecule has 0 aliphatic heterocycles. The first-order valence-electron chi connectivity index (χ1n) is 8.47. The molecule has 0 atom stereocenters. The lowest BCUT2D eigenvalue weighted by Crippen LogP contribution is -2.15. The summed E-state index contributed by atoms with van der Waals surface area (Å²) in [6.45, 7) is 2.01. The van der Waals surface area contributed by atoms with Gasteiger partial charge in [-0.05, 0) is 68.6 Å². The van der Waals surface area contributed by atoms with Crippen molar-refractivity contribution in [3.05, 3.63) is 47.0 Å². The van der Waals surface area contributed by atoms with Gasteiger partial charge in [-0.15, -0.1) is 0 Å². The smallest absolute Gasteiger partial charge is 0.206 e. The molecule has 0 amide bonds. The number of allylic oxidation sites excluding steroid dienone is 2. The second kappa shape index (κ2) is 8.13. The monoisotopic (exact) mass is 346 g/mol. The van der Waals surface area contributed by atoms with Gasteiger partial charge in [-0.3, -0.25) is 0 Å². The lowest BCUT2D eigenvalue weighted by atomic mass is 9.78. The van der Waals surface area contributed by atoms with Gasteiger partial charge >= 0.3 is 6.18 Å². The van der Waals surface area contributed by atoms with Crippen LogP contribution in [0.5, 0.6) is 0 Å². The van der Waals surface area contributed by atoms with Gasteiger partial charge in [-0.1, -0.05) is 25.0 Å². The second-order valence-electron chi connectivity index (χ2n) is 6.66. The Morgan fingerprint density at radius 3 is 2.04 bits per heavy atom. The van der Waals surface area contributed by atoms with Gasteiger partial charge in [0.2, 0.25) is 0 Å². The Morgan fingerprint density at radius 1 is 1.00 bits per heavy atom. The highest BCUT2D eigenvalue weighted by molar-refractivity contribution is 5.28. The summed E-state index contributed by atoms with van der Waals surface area (Å²) in [5, 5.41) is 0. The van der Waals surface area contributed by atoms with Crippen LogP contribution < -0.4 is 0 Å².